The predicted molar refractivity (Wildman–Crippen MR) is 143 cm³/mol. The molecule has 206 valence electrons. The zero-order chi connectivity index (χ0) is 26.7. The molecule has 0 spiro atoms. The molecule has 38 heavy (non-hydrogen) atoms. The maximum atomic E-state index is 14.0. The summed E-state index contributed by atoms with van der Waals surface area (Å²) in [5, 5.41) is 3.88. The highest BCUT2D eigenvalue weighted by Crippen LogP contribution is 2.31. The first-order valence-corrected chi connectivity index (χ1v) is 15.2. The van der Waals surface area contributed by atoms with E-state index in [0.717, 1.165) is 39.0 Å². The van der Waals surface area contributed by atoms with Crippen molar-refractivity contribution in [3.63, 3.8) is 0 Å². The number of hydrogen-bond donors (Lipinski definition) is 0. The van der Waals surface area contributed by atoms with Crippen LogP contribution in [0.4, 0.5) is 4.39 Å². The third-order valence-electron chi connectivity index (χ3n) is 8.17. The number of sulfonamides is 1. The SMILES string of the molecule is Cc1noc(/C=C/c2ccccc2F)c1S(=O)(=O)N1CCC[C@H](C(=O)N2CCC(N3CCCCC3)CC2)C1. The minimum absolute atomic E-state index is 0.0273. The summed E-state index contributed by atoms with van der Waals surface area (Å²) in [5.41, 5.74) is 0.559. The maximum Gasteiger partial charge on any atom is 0.248 e. The number of piperidine rings is 3. The van der Waals surface area contributed by atoms with Gasteiger partial charge in [0.1, 0.15) is 11.5 Å². The van der Waals surface area contributed by atoms with Crippen LogP contribution in [0.2, 0.25) is 0 Å². The van der Waals surface area contributed by atoms with Crippen molar-refractivity contribution >= 4 is 28.1 Å². The quantitative estimate of drug-likeness (QED) is 0.543. The number of nitrogens with zero attached hydrogens (tertiary/aromatic N) is 4. The number of carbonyl (C=O) groups is 1. The molecule has 10 heteroatoms. The van der Waals surface area contributed by atoms with Crippen molar-refractivity contribution in [3.05, 3.63) is 47.1 Å². The molecule has 0 radical (unpaired) electrons. The van der Waals surface area contributed by atoms with E-state index in [1.807, 2.05) is 4.90 Å². The lowest BCUT2D eigenvalue weighted by Crippen LogP contribution is -2.51. The summed E-state index contributed by atoms with van der Waals surface area (Å²) in [4.78, 5) is 17.9. The van der Waals surface area contributed by atoms with Crippen LogP contribution >= 0.6 is 0 Å². The Morgan fingerprint density at radius 3 is 2.47 bits per heavy atom. The summed E-state index contributed by atoms with van der Waals surface area (Å²) in [7, 11) is -3.96. The van der Waals surface area contributed by atoms with Gasteiger partial charge in [-0.15, -0.1) is 0 Å². The predicted octanol–water partition coefficient (Wildman–Crippen LogP) is 4.17. The molecule has 0 saturated carbocycles. The number of carbonyl (C=O) groups excluding carboxylic acids is 1. The molecule has 0 aliphatic carbocycles. The standard InChI is InChI=1S/C28H37FN4O4S/c1-21-27(26(37-30-21)12-11-22-8-3-4-10-25(22)29)38(35,36)33-17-7-9-23(20-33)28(34)32-18-13-24(14-19-32)31-15-5-2-6-16-31/h3-4,8,10-12,23-24H,2,5-7,9,13-20H2,1H3/b12-11+/t23-/m0/s1. The van der Waals surface area contributed by atoms with Crippen LogP contribution in [0.1, 0.15) is 62.0 Å². The highest BCUT2D eigenvalue weighted by atomic mass is 32.2. The van der Waals surface area contributed by atoms with Gasteiger partial charge in [0.05, 0.1) is 5.92 Å². The smallest absolute Gasteiger partial charge is 0.248 e. The first-order valence-electron chi connectivity index (χ1n) is 13.8. The van der Waals surface area contributed by atoms with Gasteiger partial charge in [0.15, 0.2) is 10.7 Å². The van der Waals surface area contributed by atoms with Crippen molar-refractivity contribution in [2.45, 2.75) is 62.8 Å². The summed E-state index contributed by atoms with van der Waals surface area (Å²) in [6, 6.07) is 6.78. The molecule has 1 aromatic heterocycles. The van der Waals surface area contributed by atoms with E-state index in [2.05, 4.69) is 10.1 Å². The molecule has 0 N–H and O–H groups in total. The second-order valence-electron chi connectivity index (χ2n) is 10.7. The van der Waals surface area contributed by atoms with Gasteiger partial charge in [-0.05, 0) is 76.8 Å². The molecule has 0 bridgehead atoms. The Bertz CT molecular complexity index is 1260. The van der Waals surface area contributed by atoms with Crippen LogP contribution in [0, 0.1) is 18.7 Å². The molecule has 3 fully saturated rings. The Hall–Kier alpha value is -2.56. The normalized spacial score (nSPS) is 22.8. The molecular weight excluding hydrogens is 507 g/mol. The third-order valence-corrected chi connectivity index (χ3v) is 10.2. The largest absolute Gasteiger partial charge is 0.355 e. The van der Waals surface area contributed by atoms with E-state index in [0.29, 0.717) is 31.0 Å². The van der Waals surface area contributed by atoms with E-state index >= 15 is 0 Å². The van der Waals surface area contributed by atoms with Crippen molar-refractivity contribution < 1.29 is 22.1 Å². The lowest BCUT2D eigenvalue weighted by Gasteiger charge is -2.41. The molecule has 2 aromatic rings. The van der Waals surface area contributed by atoms with Gasteiger partial charge >= 0.3 is 0 Å². The molecule has 5 rings (SSSR count). The lowest BCUT2D eigenvalue weighted by atomic mass is 9.95. The fourth-order valence-corrected chi connectivity index (χ4v) is 7.83. The number of halogens is 1. The highest BCUT2D eigenvalue weighted by molar-refractivity contribution is 7.89. The molecule has 1 atom stereocenters. The summed E-state index contributed by atoms with van der Waals surface area (Å²) in [6.45, 7) is 5.86. The summed E-state index contributed by atoms with van der Waals surface area (Å²) >= 11 is 0. The van der Waals surface area contributed by atoms with E-state index in [9.17, 15) is 17.6 Å². The highest BCUT2D eigenvalue weighted by Gasteiger charge is 2.39. The minimum atomic E-state index is -3.96. The van der Waals surface area contributed by atoms with Crippen LogP contribution in [-0.2, 0) is 14.8 Å². The van der Waals surface area contributed by atoms with Gasteiger partial charge in [-0.2, -0.15) is 4.31 Å². The van der Waals surface area contributed by atoms with Crippen LogP contribution in [0.25, 0.3) is 12.2 Å². The zero-order valence-corrected chi connectivity index (χ0v) is 22.8. The van der Waals surface area contributed by atoms with Crippen LogP contribution in [0.5, 0.6) is 0 Å². The monoisotopic (exact) mass is 544 g/mol. The minimum Gasteiger partial charge on any atom is -0.355 e. The molecule has 3 saturated heterocycles. The van der Waals surface area contributed by atoms with E-state index in [1.165, 1.54) is 41.8 Å². The zero-order valence-electron chi connectivity index (χ0n) is 22.0. The van der Waals surface area contributed by atoms with Crippen molar-refractivity contribution in [2.24, 2.45) is 5.92 Å². The Morgan fingerprint density at radius 2 is 1.74 bits per heavy atom. The molecule has 1 aromatic carbocycles. The second-order valence-corrected chi connectivity index (χ2v) is 12.5. The average molecular weight is 545 g/mol. The van der Waals surface area contributed by atoms with Gasteiger partial charge in [-0.25, -0.2) is 12.8 Å². The second kappa shape index (κ2) is 11.7. The fraction of sp³-hybridized carbons (Fsp3) is 0.571. The summed E-state index contributed by atoms with van der Waals surface area (Å²) in [5.74, 6) is -0.660. The molecule has 3 aliphatic heterocycles. The Balaban J connectivity index is 1.26. The number of benzene rings is 1. The van der Waals surface area contributed by atoms with Gasteiger partial charge in [0.2, 0.25) is 15.9 Å². The first kappa shape index (κ1) is 27.0. The molecule has 3 aliphatic rings. The Morgan fingerprint density at radius 1 is 1.00 bits per heavy atom. The number of hydrogen-bond acceptors (Lipinski definition) is 6. The van der Waals surface area contributed by atoms with Crippen molar-refractivity contribution in [1.82, 2.24) is 19.3 Å². The van der Waals surface area contributed by atoms with Crippen LogP contribution in [0.15, 0.2) is 33.7 Å². The molecule has 4 heterocycles. The lowest BCUT2D eigenvalue weighted by molar-refractivity contribution is -0.138. The van der Waals surface area contributed by atoms with E-state index < -0.39 is 15.8 Å². The van der Waals surface area contributed by atoms with E-state index in [1.54, 1.807) is 25.1 Å². The number of aromatic nitrogens is 1. The topological polar surface area (TPSA) is 87.0 Å². The molecular formula is C28H37FN4O4S. The van der Waals surface area contributed by atoms with Gasteiger partial charge < -0.3 is 14.3 Å². The Kier molecular flexibility index (Phi) is 8.30. The first-order chi connectivity index (χ1) is 18.3. The van der Waals surface area contributed by atoms with Crippen molar-refractivity contribution in [2.75, 3.05) is 39.3 Å². The van der Waals surface area contributed by atoms with Crippen molar-refractivity contribution in [3.8, 4) is 0 Å². The molecule has 0 unspecified atom stereocenters. The van der Waals surface area contributed by atoms with Gasteiger partial charge in [-0.3, -0.25) is 4.79 Å². The fourth-order valence-electron chi connectivity index (χ4n) is 6.06. The number of likely N-dealkylation sites (tertiary alicyclic amines) is 2. The van der Waals surface area contributed by atoms with Crippen molar-refractivity contribution in [1.29, 1.82) is 0 Å². The van der Waals surface area contributed by atoms with Gasteiger partial charge in [0.25, 0.3) is 0 Å². The number of aryl methyl sites for hydroxylation is 1. The van der Waals surface area contributed by atoms with E-state index in [4.69, 9.17) is 4.52 Å². The van der Waals surface area contributed by atoms with E-state index in [-0.39, 0.29) is 34.7 Å². The maximum absolute atomic E-state index is 14.0. The third kappa shape index (κ3) is 5.72. The number of amides is 1. The van der Waals surface area contributed by atoms with Gasteiger partial charge in [-0.1, -0.05) is 29.8 Å². The summed E-state index contributed by atoms with van der Waals surface area (Å²) in [6.07, 6.45) is 10.0. The average Bonchev–Trinajstić information content (AvgIpc) is 3.33. The van der Waals surface area contributed by atoms with Crippen LogP contribution in [0.3, 0.4) is 0 Å². The van der Waals surface area contributed by atoms with Crippen LogP contribution < -0.4 is 0 Å². The summed E-state index contributed by atoms with van der Waals surface area (Å²) < 4.78 is 48.2. The Labute approximate surface area is 224 Å². The van der Waals surface area contributed by atoms with Gasteiger partial charge in [0, 0.05) is 37.8 Å². The number of rotatable bonds is 6. The van der Waals surface area contributed by atoms with Crippen LogP contribution in [-0.4, -0.2) is 78.9 Å². The molecule has 1 amide bonds. The molecule has 8 nitrogen and oxygen atoms in total.